The lowest BCUT2D eigenvalue weighted by Crippen LogP contribution is -2.22. The number of aromatic carboxylic acids is 1. The van der Waals surface area contributed by atoms with Crippen molar-refractivity contribution in [3.05, 3.63) is 23.8 Å². The summed E-state index contributed by atoms with van der Waals surface area (Å²) in [4.78, 5) is 22.6. The molecule has 1 aromatic rings. The molecule has 0 fully saturated rings. The Morgan fingerprint density at radius 1 is 1.44 bits per heavy atom. The summed E-state index contributed by atoms with van der Waals surface area (Å²) in [6, 6.07) is 4.82. The van der Waals surface area contributed by atoms with Crippen molar-refractivity contribution in [3.8, 4) is 0 Å². The van der Waals surface area contributed by atoms with Gasteiger partial charge in [-0.3, -0.25) is 4.79 Å². The molecule has 18 heavy (non-hydrogen) atoms. The van der Waals surface area contributed by atoms with Crippen molar-refractivity contribution in [2.45, 2.75) is 32.2 Å². The van der Waals surface area contributed by atoms with E-state index in [0.29, 0.717) is 12.1 Å². The lowest BCUT2D eigenvalue weighted by atomic mass is 10.1. The van der Waals surface area contributed by atoms with Gasteiger partial charge in [-0.25, -0.2) is 4.79 Å². The average molecular weight is 248 g/mol. The van der Waals surface area contributed by atoms with Gasteiger partial charge in [-0.05, 0) is 24.6 Å². The van der Waals surface area contributed by atoms with Crippen LogP contribution in [0.1, 0.15) is 36.5 Å². The van der Waals surface area contributed by atoms with Gasteiger partial charge in [0.25, 0.3) is 0 Å². The highest BCUT2D eigenvalue weighted by atomic mass is 16.4. The monoisotopic (exact) mass is 248 g/mol. The minimum atomic E-state index is -0.999. The molecular weight excluding hydrogens is 232 g/mol. The van der Waals surface area contributed by atoms with Crippen molar-refractivity contribution in [1.82, 2.24) is 0 Å². The number of benzene rings is 1. The quantitative estimate of drug-likeness (QED) is 0.767. The van der Waals surface area contributed by atoms with Crippen LogP contribution in [-0.4, -0.2) is 23.0 Å². The Morgan fingerprint density at radius 3 is 2.89 bits per heavy atom. The van der Waals surface area contributed by atoms with E-state index in [-0.39, 0.29) is 17.5 Å². The minimum Gasteiger partial charge on any atom is -0.478 e. The second-order valence-corrected chi connectivity index (χ2v) is 4.45. The summed E-state index contributed by atoms with van der Waals surface area (Å²) in [5.74, 6) is -1.08. The van der Waals surface area contributed by atoms with Gasteiger partial charge in [0.2, 0.25) is 5.91 Å². The molecule has 0 saturated carbocycles. The standard InChI is InChI=1S/C13H16N2O3/c1-2-3-9-7-12(16)15-11-6-8(13(17)18)4-5-10(11)14-9/h4-6,9,14H,2-3,7H2,1H3,(H,15,16)(H,17,18). The molecule has 2 rings (SSSR count). The Balaban J connectivity index is 2.31. The van der Waals surface area contributed by atoms with E-state index in [1.807, 2.05) is 0 Å². The number of carbonyl (C=O) groups excluding carboxylic acids is 1. The summed E-state index contributed by atoms with van der Waals surface area (Å²) in [5.41, 5.74) is 1.49. The fraction of sp³-hybridized carbons (Fsp3) is 0.385. The molecule has 1 atom stereocenters. The fourth-order valence-electron chi connectivity index (χ4n) is 2.13. The summed E-state index contributed by atoms with van der Waals surface area (Å²) < 4.78 is 0. The van der Waals surface area contributed by atoms with Crippen LogP contribution in [0.4, 0.5) is 11.4 Å². The van der Waals surface area contributed by atoms with Gasteiger partial charge in [0.15, 0.2) is 0 Å². The van der Waals surface area contributed by atoms with Crippen LogP contribution in [0.2, 0.25) is 0 Å². The molecule has 5 nitrogen and oxygen atoms in total. The Hall–Kier alpha value is -2.04. The molecule has 0 bridgehead atoms. The second-order valence-electron chi connectivity index (χ2n) is 4.45. The number of anilines is 2. The Morgan fingerprint density at radius 2 is 2.22 bits per heavy atom. The molecule has 1 heterocycles. The number of carbonyl (C=O) groups is 2. The molecule has 96 valence electrons. The number of amides is 1. The molecule has 1 unspecified atom stereocenters. The van der Waals surface area contributed by atoms with Crippen molar-refractivity contribution in [2.24, 2.45) is 0 Å². The van der Waals surface area contributed by atoms with Crippen LogP contribution in [0, 0.1) is 0 Å². The molecule has 0 aromatic heterocycles. The van der Waals surface area contributed by atoms with Gasteiger partial charge in [0, 0.05) is 12.5 Å². The highest BCUT2D eigenvalue weighted by Crippen LogP contribution is 2.28. The fourth-order valence-corrected chi connectivity index (χ4v) is 2.13. The first kappa shape index (κ1) is 12.4. The van der Waals surface area contributed by atoms with E-state index >= 15 is 0 Å². The molecule has 3 N–H and O–H groups in total. The minimum absolute atomic E-state index is 0.0813. The molecule has 1 aliphatic heterocycles. The normalized spacial score (nSPS) is 18.3. The van der Waals surface area contributed by atoms with Crippen LogP contribution in [0.3, 0.4) is 0 Å². The molecule has 0 aliphatic carbocycles. The van der Waals surface area contributed by atoms with Crippen LogP contribution in [0.15, 0.2) is 18.2 Å². The number of hydrogen-bond acceptors (Lipinski definition) is 3. The van der Waals surface area contributed by atoms with E-state index in [4.69, 9.17) is 5.11 Å². The molecule has 1 aliphatic rings. The van der Waals surface area contributed by atoms with Gasteiger partial charge in [-0.1, -0.05) is 13.3 Å². The zero-order valence-electron chi connectivity index (χ0n) is 10.2. The van der Waals surface area contributed by atoms with Crippen molar-refractivity contribution in [3.63, 3.8) is 0 Å². The van der Waals surface area contributed by atoms with Crippen molar-refractivity contribution in [2.75, 3.05) is 10.6 Å². The lowest BCUT2D eigenvalue weighted by Gasteiger charge is -2.15. The van der Waals surface area contributed by atoms with Crippen molar-refractivity contribution in [1.29, 1.82) is 0 Å². The van der Waals surface area contributed by atoms with E-state index in [0.717, 1.165) is 18.5 Å². The molecule has 1 aromatic carbocycles. The third-order valence-corrected chi connectivity index (χ3v) is 2.97. The molecule has 0 spiro atoms. The van der Waals surface area contributed by atoms with Crippen LogP contribution < -0.4 is 10.6 Å². The zero-order chi connectivity index (χ0) is 13.1. The maximum absolute atomic E-state index is 11.7. The second kappa shape index (κ2) is 5.08. The van der Waals surface area contributed by atoms with E-state index in [1.165, 1.54) is 12.1 Å². The van der Waals surface area contributed by atoms with Gasteiger partial charge in [0.05, 0.1) is 16.9 Å². The third-order valence-electron chi connectivity index (χ3n) is 2.97. The van der Waals surface area contributed by atoms with Gasteiger partial charge in [-0.15, -0.1) is 0 Å². The first-order chi connectivity index (χ1) is 8.60. The zero-order valence-corrected chi connectivity index (χ0v) is 10.2. The Labute approximate surface area is 105 Å². The SMILES string of the molecule is CCCC1CC(=O)Nc2cc(C(=O)O)ccc2N1. The van der Waals surface area contributed by atoms with E-state index < -0.39 is 5.97 Å². The lowest BCUT2D eigenvalue weighted by molar-refractivity contribution is -0.116. The predicted molar refractivity (Wildman–Crippen MR) is 69.0 cm³/mol. The van der Waals surface area contributed by atoms with Gasteiger partial charge in [0.1, 0.15) is 0 Å². The molecule has 0 saturated heterocycles. The Bertz CT molecular complexity index is 485. The predicted octanol–water partition coefficient (Wildman–Crippen LogP) is 2.31. The summed E-state index contributed by atoms with van der Waals surface area (Å²) in [5, 5.41) is 14.9. The summed E-state index contributed by atoms with van der Waals surface area (Å²) in [7, 11) is 0. The smallest absolute Gasteiger partial charge is 0.335 e. The first-order valence-corrected chi connectivity index (χ1v) is 6.04. The number of rotatable bonds is 3. The highest BCUT2D eigenvalue weighted by molar-refractivity contribution is 5.99. The summed E-state index contributed by atoms with van der Waals surface area (Å²) in [6.07, 6.45) is 2.31. The van der Waals surface area contributed by atoms with E-state index in [9.17, 15) is 9.59 Å². The van der Waals surface area contributed by atoms with Crippen molar-refractivity contribution < 1.29 is 14.7 Å². The van der Waals surface area contributed by atoms with Gasteiger partial charge < -0.3 is 15.7 Å². The maximum atomic E-state index is 11.7. The third kappa shape index (κ3) is 2.61. The summed E-state index contributed by atoms with van der Waals surface area (Å²) >= 11 is 0. The molecular formula is C13H16N2O3. The van der Waals surface area contributed by atoms with Crippen LogP contribution in [0.25, 0.3) is 0 Å². The molecule has 5 heteroatoms. The number of carboxylic acid groups (broad SMARTS) is 1. The first-order valence-electron chi connectivity index (χ1n) is 6.04. The molecule has 1 amide bonds. The van der Waals surface area contributed by atoms with Gasteiger partial charge >= 0.3 is 5.97 Å². The topological polar surface area (TPSA) is 78.4 Å². The Kier molecular flexibility index (Phi) is 3.50. The van der Waals surface area contributed by atoms with E-state index in [2.05, 4.69) is 17.6 Å². The number of fused-ring (bicyclic) bond motifs is 1. The summed E-state index contributed by atoms with van der Waals surface area (Å²) in [6.45, 7) is 2.07. The number of nitrogens with one attached hydrogen (secondary N) is 2. The van der Waals surface area contributed by atoms with Crippen LogP contribution in [-0.2, 0) is 4.79 Å². The van der Waals surface area contributed by atoms with E-state index in [1.54, 1.807) is 6.07 Å². The average Bonchev–Trinajstić information content (AvgIpc) is 2.45. The number of carboxylic acids is 1. The molecule has 0 radical (unpaired) electrons. The largest absolute Gasteiger partial charge is 0.478 e. The van der Waals surface area contributed by atoms with Crippen LogP contribution >= 0.6 is 0 Å². The van der Waals surface area contributed by atoms with Gasteiger partial charge in [-0.2, -0.15) is 0 Å². The maximum Gasteiger partial charge on any atom is 0.335 e. The van der Waals surface area contributed by atoms with Crippen LogP contribution in [0.5, 0.6) is 0 Å². The number of hydrogen-bond donors (Lipinski definition) is 3. The highest BCUT2D eigenvalue weighted by Gasteiger charge is 2.20. The van der Waals surface area contributed by atoms with Crippen molar-refractivity contribution >= 4 is 23.3 Å².